The first kappa shape index (κ1) is 27.0. The zero-order valence-electron chi connectivity index (χ0n) is 20.2. The molecule has 2 aromatic heterocycles. The van der Waals surface area contributed by atoms with E-state index in [-0.39, 0.29) is 60.5 Å². The fourth-order valence-corrected chi connectivity index (χ4v) is 5.99. The normalized spacial score (nSPS) is 17.8. The molecular weight excluding hydrogens is 534 g/mol. The molecule has 12 heteroatoms. The van der Waals surface area contributed by atoms with Gasteiger partial charge in [0.25, 0.3) is 5.91 Å². The molecule has 196 valence electrons. The molecule has 0 saturated carbocycles. The molecule has 8 nitrogen and oxygen atoms in total. The molecule has 2 N–H and O–H groups in total. The number of aromatic nitrogens is 2. The molecule has 1 aromatic carbocycles. The number of anilines is 1. The number of nitrogens with zero attached hydrogens (tertiary/aromatic N) is 5. The molecule has 4 heterocycles. The largest absolute Gasteiger partial charge is 0.389 e. The van der Waals surface area contributed by atoms with Crippen molar-refractivity contribution in [3.8, 4) is 6.07 Å². The van der Waals surface area contributed by atoms with E-state index in [2.05, 4.69) is 24.8 Å². The Hall–Kier alpha value is -4.01. The van der Waals surface area contributed by atoms with Crippen molar-refractivity contribution in [2.45, 2.75) is 19.0 Å². The predicted molar refractivity (Wildman–Crippen MR) is 144 cm³/mol. The molecule has 0 aliphatic carbocycles. The van der Waals surface area contributed by atoms with Crippen molar-refractivity contribution in [3.05, 3.63) is 69.3 Å². The first-order chi connectivity index (χ1) is 18.3. The van der Waals surface area contributed by atoms with Gasteiger partial charge in [0.15, 0.2) is 5.15 Å². The van der Waals surface area contributed by atoms with E-state index in [1.54, 1.807) is 14.5 Å². The molecule has 0 spiro atoms. The maximum Gasteiger partial charge on any atom is 0.256 e. The highest BCUT2D eigenvalue weighted by Gasteiger charge is 2.36. The second kappa shape index (κ2) is 10.8. The van der Waals surface area contributed by atoms with Crippen LogP contribution in [0.1, 0.15) is 27.9 Å². The highest BCUT2D eigenvalue weighted by atomic mass is 35.5. The number of nitriles is 1. The Bertz CT molecular complexity index is 1640. The van der Waals surface area contributed by atoms with Gasteiger partial charge in [-0.25, -0.2) is 8.78 Å². The minimum absolute atomic E-state index is 0.0197. The number of halogens is 3. The molecule has 2 aliphatic heterocycles. The number of hydrogen-bond acceptors (Lipinski definition) is 6. The van der Waals surface area contributed by atoms with Crippen LogP contribution in [-0.2, 0) is 11.3 Å². The Morgan fingerprint density at radius 1 is 1.34 bits per heavy atom. The second-order valence-corrected chi connectivity index (χ2v) is 9.91. The van der Waals surface area contributed by atoms with Gasteiger partial charge < -0.3 is 15.5 Å². The average molecular weight is 557 g/mol. The van der Waals surface area contributed by atoms with Gasteiger partial charge in [0.2, 0.25) is 5.91 Å². The van der Waals surface area contributed by atoms with Crippen LogP contribution in [0.4, 0.5) is 13.8 Å². The van der Waals surface area contributed by atoms with Crippen LogP contribution < -0.4 is 15.5 Å². The van der Waals surface area contributed by atoms with E-state index < -0.39 is 11.7 Å². The number of carbonyl (C=O) groups is 2. The summed E-state index contributed by atoms with van der Waals surface area (Å²) in [6.45, 7) is 10.8. The zero-order chi connectivity index (χ0) is 27.7. The van der Waals surface area contributed by atoms with Gasteiger partial charge in [-0.2, -0.15) is 10.4 Å². The highest BCUT2D eigenvalue weighted by molar-refractivity contribution is 7.14. The number of amides is 2. The predicted octanol–water partition coefficient (Wildman–Crippen LogP) is 2.93. The van der Waals surface area contributed by atoms with Gasteiger partial charge in [-0.1, -0.05) is 18.2 Å². The molecule has 1 atom stereocenters. The average Bonchev–Trinajstić information content (AvgIpc) is 3.42. The first-order valence-electron chi connectivity index (χ1n) is 11.5. The first-order valence-corrected chi connectivity index (χ1v) is 12.7. The Labute approximate surface area is 225 Å². The third-order valence-corrected chi connectivity index (χ3v) is 7.82. The van der Waals surface area contributed by atoms with Crippen LogP contribution in [0.3, 0.4) is 0 Å². The lowest BCUT2D eigenvalue weighted by Gasteiger charge is -2.42. The van der Waals surface area contributed by atoms with Crippen LogP contribution in [0.5, 0.6) is 0 Å². The van der Waals surface area contributed by atoms with Crippen molar-refractivity contribution in [1.82, 2.24) is 19.6 Å². The maximum atomic E-state index is 15.6. The highest BCUT2D eigenvalue weighted by Crippen LogP contribution is 2.35. The minimum Gasteiger partial charge on any atom is -0.389 e. The fourth-order valence-electron chi connectivity index (χ4n) is 4.89. The Morgan fingerprint density at radius 3 is 2.74 bits per heavy atom. The Kier molecular flexibility index (Phi) is 7.66. The standard InChI is InChI=1S/C24H19ClF2N6O2S.C2H4/c1-2-19(34)31-5-6-32-12(11-31)3-4-33-21-15(24(32)35)8-17(27)14(20(21)22(25)30-33)7-13-16(10-28)23(29)36-18(13)9-26;1-2/h2,7-9,12H,1,3-6,11,29H2;1-2H2/b13-7+,18-9-;. The summed E-state index contributed by atoms with van der Waals surface area (Å²) < 4.78 is 30.8. The lowest BCUT2D eigenvalue weighted by Crippen LogP contribution is -2.57. The van der Waals surface area contributed by atoms with Gasteiger partial charge in [0.1, 0.15) is 23.2 Å². The van der Waals surface area contributed by atoms with Crippen LogP contribution in [0.2, 0.25) is 5.15 Å². The van der Waals surface area contributed by atoms with E-state index in [4.69, 9.17) is 17.3 Å². The molecule has 1 saturated heterocycles. The number of benzene rings is 1. The SMILES string of the molecule is C=C.C=CC(=O)N1CCN2C(=O)c3cc(F)c(/C=c4\c(C#N)c(N)s\c4=C/F)c4c(Cl)nn(c34)CCC2C1. The number of thiophene rings is 1. The Morgan fingerprint density at radius 2 is 2.08 bits per heavy atom. The summed E-state index contributed by atoms with van der Waals surface area (Å²) in [5, 5.41) is 14.3. The summed E-state index contributed by atoms with van der Waals surface area (Å²) in [4.78, 5) is 29.0. The number of fused-ring (bicyclic) bond motifs is 1. The summed E-state index contributed by atoms with van der Waals surface area (Å²) in [5.41, 5.74) is 6.30. The van der Waals surface area contributed by atoms with Crippen LogP contribution >= 0.6 is 22.9 Å². The lowest BCUT2D eigenvalue weighted by molar-refractivity contribution is -0.128. The van der Waals surface area contributed by atoms with E-state index in [9.17, 15) is 19.2 Å². The third-order valence-electron chi connectivity index (χ3n) is 6.60. The topological polar surface area (TPSA) is 108 Å². The van der Waals surface area contributed by atoms with E-state index in [1.165, 1.54) is 12.2 Å². The maximum absolute atomic E-state index is 15.6. The third kappa shape index (κ3) is 4.36. The Balaban J connectivity index is 0.00000164. The van der Waals surface area contributed by atoms with Crippen molar-refractivity contribution in [1.29, 1.82) is 5.26 Å². The molecule has 0 bridgehead atoms. The molecule has 1 unspecified atom stereocenters. The minimum atomic E-state index is -0.775. The number of carbonyl (C=O) groups excluding carboxylic acids is 2. The molecule has 0 radical (unpaired) electrons. The van der Waals surface area contributed by atoms with Gasteiger partial charge in [-0.3, -0.25) is 14.3 Å². The fraction of sp³-hybridized carbons (Fsp3) is 0.231. The summed E-state index contributed by atoms with van der Waals surface area (Å²) in [7, 11) is 0. The number of nitrogen functional groups attached to an aromatic ring is 1. The summed E-state index contributed by atoms with van der Waals surface area (Å²) in [6, 6.07) is 2.76. The number of piperazine rings is 1. The van der Waals surface area contributed by atoms with Crippen LogP contribution in [0.15, 0.2) is 31.9 Å². The molecule has 3 aromatic rings. The zero-order valence-corrected chi connectivity index (χ0v) is 21.8. The molecule has 38 heavy (non-hydrogen) atoms. The molecule has 2 aliphatic rings. The van der Waals surface area contributed by atoms with Crippen LogP contribution in [-0.4, -0.2) is 57.1 Å². The van der Waals surface area contributed by atoms with Crippen LogP contribution in [0.25, 0.3) is 23.3 Å². The lowest BCUT2D eigenvalue weighted by atomic mass is 9.99. The van der Waals surface area contributed by atoms with Crippen molar-refractivity contribution in [2.24, 2.45) is 0 Å². The number of aryl methyl sites for hydroxylation is 1. The van der Waals surface area contributed by atoms with E-state index in [0.29, 0.717) is 37.9 Å². The van der Waals surface area contributed by atoms with E-state index >= 15 is 4.39 Å². The number of nitrogens with two attached hydrogens (primary N) is 1. The smallest absolute Gasteiger partial charge is 0.256 e. The van der Waals surface area contributed by atoms with E-state index in [0.717, 1.165) is 17.4 Å². The molecule has 2 amide bonds. The van der Waals surface area contributed by atoms with Gasteiger partial charge in [0, 0.05) is 37.0 Å². The summed E-state index contributed by atoms with van der Waals surface area (Å²) in [6.07, 6.45) is 3.36. The van der Waals surface area contributed by atoms with Gasteiger partial charge in [-0.15, -0.1) is 24.5 Å². The summed E-state index contributed by atoms with van der Waals surface area (Å²) in [5.74, 6) is -1.38. The summed E-state index contributed by atoms with van der Waals surface area (Å²) >= 11 is 7.34. The number of rotatable bonds is 2. The number of hydrogen-bond donors (Lipinski definition) is 1. The van der Waals surface area contributed by atoms with Crippen molar-refractivity contribution >= 4 is 63.1 Å². The van der Waals surface area contributed by atoms with Gasteiger partial charge in [-0.05, 0) is 24.6 Å². The molecule has 1 fully saturated rings. The van der Waals surface area contributed by atoms with Gasteiger partial charge in [0.05, 0.1) is 32.6 Å². The second-order valence-electron chi connectivity index (χ2n) is 8.47. The van der Waals surface area contributed by atoms with Gasteiger partial charge >= 0.3 is 0 Å². The van der Waals surface area contributed by atoms with Crippen molar-refractivity contribution in [3.63, 3.8) is 0 Å². The monoisotopic (exact) mass is 556 g/mol. The molecular formula is C26H23ClF2N6O2S. The molecule has 5 rings (SSSR count). The van der Waals surface area contributed by atoms with E-state index in [1.807, 2.05) is 6.07 Å². The van der Waals surface area contributed by atoms with Crippen LogP contribution in [0, 0.1) is 17.1 Å². The quantitative estimate of drug-likeness (QED) is 0.386. The van der Waals surface area contributed by atoms with Crippen molar-refractivity contribution in [2.75, 3.05) is 25.4 Å². The van der Waals surface area contributed by atoms with Crippen molar-refractivity contribution < 1.29 is 18.4 Å².